The van der Waals surface area contributed by atoms with Crippen LogP contribution < -0.4 is 4.90 Å². The fourth-order valence-corrected chi connectivity index (χ4v) is 4.09. The molecule has 1 saturated carbocycles. The molecule has 0 unspecified atom stereocenters. The molecule has 3 rings (SSSR count). The van der Waals surface area contributed by atoms with Crippen molar-refractivity contribution in [3.8, 4) is 0 Å². The number of esters is 1. The Morgan fingerprint density at radius 1 is 1.25 bits per heavy atom. The molecule has 0 aromatic heterocycles. The van der Waals surface area contributed by atoms with Gasteiger partial charge in [-0.3, -0.25) is 0 Å². The molecule has 1 aromatic rings. The monoisotopic (exact) mass is 327 g/mol. The first-order valence-corrected chi connectivity index (χ1v) is 9.44. The maximum atomic E-state index is 11.7. The van der Waals surface area contributed by atoms with Gasteiger partial charge >= 0.3 is 5.97 Å². The predicted octanol–water partition coefficient (Wildman–Crippen LogP) is 4.74. The van der Waals surface area contributed by atoms with E-state index in [2.05, 4.69) is 23.1 Å². The van der Waals surface area contributed by atoms with Crippen molar-refractivity contribution in [1.82, 2.24) is 0 Å². The van der Waals surface area contributed by atoms with Gasteiger partial charge in [-0.2, -0.15) is 0 Å². The lowest BCUT2D eigenvalue weighted by atomic mass is 9.90. The van der Waals surface area contributed by atoms with Crippen molar-refractivity contribution in [3.05, 3.63) is 35.4 Å². The highest BCUT2D eigenvalue weighted by molar-refractivity contribution is 5.91. The summed E-state index contributed by atoms with van der Waals surface area (Å²) in [5.41, 5.74) is 4.96. The number of benzene rings is 1. The maximum absolute atomic E-state index is 11.7. The average molecular weight is 327 g/mol. The summed E-state index contributed by atoms with van der Waals surface area (Å²) in [6.45, 7) is 5.43. The normalized spacial score (nSPS) is 19.1. The summed E-state index contributed by atoms with van der Waals surface area (Å²) < 4.78 is 5.02. The summed E-state index contributed by atoms with van der Waals surface area (Å²) in [4.78, 5) is 14.3. The Balaban J connectivity index is 1.81. The Kier molecular flexibility index (Phi) is 5.60. The number of anilines is 1. The molecule has 0 spiro atoms. The van der Waals surface area contributed by atoms with Crippen molar-refractivity contribution in [2.75, 3.05) is 18.1 Å². The minimum atomic E-state index is -0.253. The third-order valence-electron chi connectivity index (χ3n) is 5.33. The number of allylic oxidation sites excluding steroid dienone is 1. The third kappa shape index (κ3) is 3.82. The number of ether oxygens (including phenoxy) is 1. The average Bonchev–Trinajstić information content (AvgIpc) is 2.61. The smallest absolute Gasteiger partial charge is 0.331 e. The Hall–Kier alpha value is -1.77. The first-order chi connectivity index (χ1) is 11.7. The highest BCUT2D eigenvalue weighted by Crippen LogP contribution is 2.35. The number of fused-ring (bicyclic) bond motifs is 1. The lowest BCUT2D eigenvalue weighted by molar-refractivity contribution is -0.137. The molecule has 1 aromatic carbocycles. The van der Waals surface area contributed by atoms with Crippen LogP contribution in [-0.4, -0.2) is 25.2 Å². The summed E-state index contributed by atoms with van der Waals surface area (Å²) in [5.74, 6) is -0.253. The number of nitrogens with zero attached hydrogens (tertiary/aromatic N) is 1. The van der Waals surface area contributed by atoms with Crippen LogP contribution in [0.15, 0.2) is 24.3 Å². The van der Waals surface area contributed by atoms with Crippen molar-refractivity contribution in [2.24, 2.45) is 0 Å². The maximum Gasteiger partial charge on any atom is 0.331 e. The standard InChI is InChI=1S/C21H29NO2/c1-3-24-21(23)14-16(2)17-11-12-20-18(15-17)8-7-13-22(20)19-9-5-4-6-10-19/h11-12,14-15,19H,3-10,13H2,1-2H3/b16-14+. The van der Waals surface area contributed by atoms with Gasteiger partial charge in [0.15, 0.2) is 0 Å². The molecule has 0 bridgehead atoms. The van der Waals surface area contributed by atoms with E-state index >= 15 is 0 Å². The van der Waals surface area contributed by atoms with Crippen molar-refractivity contribution < 1.29 is 9.53 Å². The van der Waals surface area contributed by atoms with E-state index in [9.17, 15) is 4.79 Å². The second-order valence-corrected chi connectivity index (χ2v) is 7.01. The van der Waals surface area contributed by atoms with Gasteiger partial charge in [-0.15, -0.1) is 0 Å². The van der Waals surface area contributed by atoms with Gasteiger partial charge in [0.05, 0.1) is 6.61 Å². The molecule has 1 aliphatic carbocycles. The van der Waals surface area contributed by atoms with E-state index in [1.54, 1.807) is 6.08 Å². The van der Waals surface area contributed by atoms with Crippen LogP contribution in [0.1, 0.15) is 63.5 Å². The molecule has 3 nitrogen and oxygen atoms in total. The molecule has 0 N–H and O–H groups in total. The van der Waals surface area contributed by atoms with Crippen molar-refractivity contribution in [2.45, 2.75) is 64.8 Å². The van der Waals surface area contributed by atoms with Crippen LogP contribution in [0.3, 0.4) is 0 Å². The topological polar surface area (TPSA) is 29.5 Å². The molecule has 1 heterocycles. The van der Waals surface area contributed by atoms with E-state index in [-0.39, 0.29) is 5.97 Å². The van der Waals surface area contributed by atoms with Crippen LogP contribution in [0.2, 0.25) is 0 Å². The minimum absolute atomic E-state index is 0.253. The molecule has 0 amide bonds. The summed E-state index contributed by atoms with van der Waals surface area (Å²) in [7, 11) is 0. The zero-order chi connectivity index (χ0) is 16.9. The summed E-state index contributed by atoms with van der Waals surface area (Å²) in [6, 6.07) is 7.42. The quantitative estimate of drug-likeness (QED) is 0.591. The third-order valence-corrected chi connectivity index (χ3v) is 5.33. The number of carbonyl (C=O) groups excluding carboxylic acids is 1. The van der Waals surface area contributed by atoms with Gasteiger partial charge in [0.25, 0.3) is 0 Å². The zero-order valence-corrected chi connectivity index (χ0v) is 15.0. The Bertz CT molecular complexity index is 614. The first kappa shape index (κ1) is 17.1. The predicted molar refractivity (Wildman–Crippen MR) is 99.3 cm³/mol. The second kappa shape index (κ2) is 7.87. The molecule has 0 saturated heterocycles. The SMILES string of the molecule is CCOC(=O)/C=C(\C)c1ccc2c(c1)CCCN2C1CCCCC1. The van der Waals surface area contributed by atoms with Gasteiger partial charge in [0.1, 0.15) is 0 Å². The second-order valence-electron chi connectivity index (χ2n) is 7.01. The van der Waals surface area contributed by atoms with Gasteiger partial charge in [0, 0.05) is 24.4 Å². The lowest BCUT2D eigenvalue weighted by Crippen LogP contribution is -2.40. The van der Waals surface area contributed by atoms with E-state index in [1.165, 1.54) is 56.3 Å². The summed E-state index contributed by atoms with van der Waals surface area (Å²) in [5, 5.41) is 0. The Morgan fingerprint density at radius 3 is 2.79 bits per heavy atom. The van der Waals surface area contributed by atoms with Gasteiger partial charge in [-0.25, -0.2) is 4.79 Å². The van der Waals surface area contributed by atoms with E-state index in [0.29, 0.717) is 6.61 Å². The van der Waals surface area contributed by atoms with Gasteiger partial charge in [-0.1, -0.05) is 25.3 Å². The van der Waals surface area contributed by atoms with Crippen LogP contribution in [0, 0.1) is 0 Å². The molecule has 3 heteroatoms. The van der Waals surface area contributed by atoms with Gasteiger partial charge < -0.3 is 9.64 Å². The fourth-order valence-electron chi connectivity index (χ4n) is 4.09. The van der Waals surface area contributed by atoms with E-state index in [1.807, 2.05) is 13.8 Å². The lowest BCUT2D eigenvalue weighted by Gasteiger charge is -2.40. The van der Waals surface area contributed by atoms with E-state index in [4.69, 9.17) is 4.74 Å². The number of aryl methyl sites for hydroxylation is 1. The Labute approximate surface area is 145 Å². The molecule has 2 aliphatic rings. The van der Waals surface area contributed by atoms with Crippen molar-refractivity contribution >= 4 is 17.2 Å². The molecule has 0 atom stereocenters. The fraction of sp³-hybridized carbons (Fsp3) is 0.571. The molecule has 130 valence electrons. The number of carbonyl (C=O) groups is 1. The number of hydrogen-bond donors (Lipinski definition) is 0. The summed E-state index contributed by atoms with van der Waals surface area (Å²) >= 11 is 0. The summed E-state index contributed by atoms with van der Waals surface area (Å²) in [6.07, 6.45) is 10.8. The van der Waals surface area contributed by atoms with Gasteiger partial charge in [0.2, 0.25) is 0 Å². The molecule has 0 radical (unpaired) electrons. The zero-order valence-electron chi connectivity index (χ0n) is 15.0. The van der Waals surface area contributed by atoms with Crippen LogP contribution in [0.5, 0.6) is 0 Å². The molecule has 1 fully saturated rings. The van der Waals surface area contributed by atoms with Crippen LogP contribution in [-0.2, 0) is 16.0 Å². The number of hydrogen-bond acceptors (Lipinski definition) is 3. The van der Waals surface area contributed by atoms with E-state index in [0.717, 1.165) is 23.6 Å². The highest BCUT2D eigenvalue weighted by Gasteiger charge is 2.25. The van der Waals surface area contributed by atoms with Crippen molar-refractivity contribution in [1.29, 1.82) is 0 Å². The Morgan fingerprint density at radius 2 is 2.04 bits per heavy atom. The molecule has 24 heavy (non-hydrogen) atoms. The van der Waals surface area contributed by atoms with Crippen LogP contribution >= 0.6 is 0 Å². The van der Waals surface area contributed by atoms with Gasteiger partial charge in [-0.05, 0) is 68.4 Å². The first-order valence-electron chi connectivity index (χ1n) is 9.44. The van der Waals surface area contributed by atoms with Crippen molar-refractivity contribution in [3.63, 3.8) is 0 Å². The largest absolute Gasteiger partial charge is 0.463 e. The van der Waals surface area contributed by atoms with E-state index < -0.39 is 0 Å². The molecular formula is C21H29NO2. The highest BCUT2D eigenvalue weighted by atomic mass is 16.5. The van der Waals surface area contributed by atoms with Crippen LogP contribution in [0.25, 0.3) is 5.57 Å². The molecular weight excluding hydrogens is 298 g/mol. The molecule has 1 aliphatic heterocycles. The minimum Gasteiger partial charge on any atom is -0.463 e. The number of rotatable bonds is 4. The van der Waals surface area contributed by atoms with Crippen LogP contribution in [0.4, 0.5) is 5.69 Å².